The molecule has 2 aliphatic carbocycles. The standard InChI is InChI=1S/C20H29NO.ClH/c1-15(21)20-12-11-19(13-18(20)10-9-16-7-8-16)22-14-17-5-3-2-4-6-17;/h9-13,15-17H,2-8,14,21H2,1H3;1H/b10-9+;/t15-;/m0./s1. The van der Waals surface area contributed by atoms with Crippen LogP contribution in [0.15, 0.2) is 24.3 Å². The summed E-state index contributed by atoms with van der Waals surface area (Å²) in [6, 6.07) is 6.44. The molecule has 0 amide bonds. The fraction of sp³-hybridized carbons (Fsp3) is 0.600. The van der Waals surface area contributed by atoms with Crippen LogP contribution in [0, 0.1) is 11.8 Å². The number of benzene rings is 1. The molecule has 1 aromatic carbocycles. The van der Waals surface area contributed by atoms with Crippen molar-refractivity contribution in [1.29, 1.82) is 0 Å². The highest BCUT2D eigenvalue weighted by Crippen LogP contribution is 2.32. The Hall–Kier alpha value is -0.990. The summed E-state index contributed by atoms with van der Waals surface area (Å²) in [6.45, 7) is 2.91. The molecule has 0 aliphatic heterocycles. The maximum Gasteiger partial charge on any atom is 0.119 e. The minimum absolute atomic E-state index is 0. The van der Waals surface area contributed by atoms with E-state index in [2.05, 4.69) is 30.4 Å². The van der Waals surface area contributed by atoms with Crippen LogP contribution in [0.2, 0.25) is 0 Å². The molecule has 0 heterocycles. The lowest BCUT2D eigenvalue weighted by atomic mass is 9.90. The summed E-state index contributed by atoms with van der Waals surface area (Å²) < 4.78 is 6.07. The van der Waals surface area contributed by atoms with Crippen molar-refractivity contribution in [2.24, 2.45) is 17.6 Å². The molecule has 0 radical (unpaired) electrons. The Morgan fingerprint density at radius 2 is 1.91 bits per heavy atom. The van der Waals surface area contributed by atoms with E-state index in [1.807, 2.05) is 6.92 Å². The average Bonchev–Trinajstić information content (AvgIpc) is 3.36. The fourth-order valence-electron chi connectivity index (χ4n) is 3.30. The Kier molecular flexibility index (Phi) is 6.98. The Balaban J connectivity index is 0.00000192. The molecular weight excluding hydrogens is 306 g/mol. The van der Waals surface area contributed by atoms with Gasteiger partial charge in [-0.05, 0) is 67.7 Å². The van der Waals surface area contributed by atoms with Crippen molar-refractivity contribution in [3.8, 4) is 5.75 Å². The highest BCUT2D eigenvalue weighted by atomic mass is 35.5. The second kappa shape index (κ2) is 8.75. The third kappa shape index (κ3) is 5.54. The minimum atomic E-state index is 0. The summed E-state index contributed by atoms with van der Waals surface area (Å²) in [5.41, 5.74) is 8.54. The molecule has 1 aromatic rings. The lowest BCUT2D eigenvalue weighted by molar-refractivity contribution is 0.209. The molecule has 2 nitrogen and oxygen atoms in total. The van der Waals surface area contributed by atoms with Crippen LogP contribution in [-0.4, -0.2) is 6.61 Å². The van der Waals surface area contributed by atoms with Gasteiger partial charge in [0.15, 0.2) is 0 Å². The van der Waals surface area contributed by atoms with Crippen LogP contribution in [0.5, 0.6) is 5.75 Å². The van der Waals surface area contributed by atoms with Gasteiger partial charge in [-0.2, -0.15) is 0 Å². The zero-order valence-electron chi connectivity index (χ0n) is 14.2. The van der Waals surface area contributed by atoms with Crippen molar-refractivity contribution in [3.63, 3.8) is 0 Å². The number of allylic oxidation sites excluding steroid dienone is 1. The summed E-state index contributed by atoms with van der Waals surface area (Å²) in [5, 5.41) is 0. The summed E-state index contributed by atoms with van der Waals surface area (Å²) in [5.74, 6) is 2.52. The van der Waals surface area contributed by atoms with E-state index in [-0.39, 0.29) is 18.4 Å². The first-order valence-electron chi connectivity index (χ1n) is 8.93. The molecule has 23 heavy (non-hydrogen) atoms. The van der Waals surface area contributed by atoms with Crippen molar-refractivity contribution >= 4 is 18.5 Å². The second-order valence-electron chi connectivity index (χ2n) is 7.09. The van der Waals surface area contributed by atoms with Gasteiger partial charge in [-0.25, -0.2) is 0 Å². The van der Waals surface area contributed by atoms with Crippen LogP contribution in [0.25, 0.3) is 6.08 Å². The van der Waals surface area contributed by atoms with Gasteiger partial charge in [-0.3, -0.25) is 0 Å². The van der Waals surface area contributed by atoms with Crippen molar-refractivity contribution in [2.75, 3.05) is 6.61 Å². The van der Waals surface area contributed by atoms with Gasteiger partial charge in [0.25, 0.3) is 0 Å². The maximum absolute atomic E-state index is 6.10. The van der Waals surface area contributed by atoms with Crippen LogP contribution in [0.3, 0.4) is 0 Å². The number of rotatable bonds is 6. The van der Waals surface area contributed by atoms with Crippen molar-refractivity contribution < 1.29 is 4.74 Å². The average molecular weight is 336 g/mol. The van der Waals surface area contributed by atoms with Crippen molar-refractivity contribution in [1.82, 2.24) is 0 Å². The number of halogens is 1. The molecule has 0 unspecified atom stereocenters. The van der Waals surface area contributed by atoms with E-state index in [1.165, 1.54) is 56.1 Å². The number of hydrogen-bond acceptors (Lipinski definition) is 2. The van der Waals surface area contributed by atoms with Gasteiger partial charge >= 0.3 is 0 Å². The van der Waals surface area contributed by atoms with Crippen LogP contribution < -0.4 is 10.5 Å². The molecule has 1 atom stereocenters. The van der Waals surface area contributed by atoms with E-state index in [9.17, 15) is 0 Å². The predicted octanol–water partition coefficient (Wildman–Crippen LogP) is 5.51. The van der Waals surface area contributed by atoms with E-state index in [0.717, 1.165) is 24.2 Å². The Labute approximate surface area is 146 Å². The first-order valence-corrected chi connectivity index (χ1v) is 8.93. The minimum Gasteiger partial charge on any atom is -0.493 e. The highest BCUT2D eigenvalue weighted by molar-refractivity contribution is 5.85. The van der Waals surface area contributed by atoms with Gasteiger partial charge in [0.05, 0.1) is 6.61 Å². The van der Waals surface area contributed by atoms with Crippen LogP contribution in [0.4, 0.5) is 0 Å². The quantitative estimate of drug-likeness (QED) is 0.743. The molecule has 2 N–H and O–H groups in total. The first kappa shape index (κ1) is 18.4. The third-order valence-corrected chi connectivity index (χ3v) is 4.93. The molecule has 2 aliphatic rings. The van der Waals surface area contributed by atoms with E-state index >= 15 is 0 Å². The van der Waals surface area contributed by atoms with Crippen LogP contribution in [-0.2, 0) is 0 Å². The maximum atomic E-state index is 6.10. The molecule has 3 heteroatoms. The lowest BCUT2D eigenvalue weighted by Crippen LogP contribution is -2.15. The first-order chi connectivity index (χ1) is 10.7. The van der Waals surface area contributed by atoms with Crippen molar-refractivity contribution in [3.05, 3.63) is 35.4 Å². The van der Waals surface area contributed by atoms with E-state index in [0.29, 0.717) is 0 Å². The van der Waals surface area contributed by atoms with Gasteiger partial charge in [0.2, 0.25) is 0 Å². The number of nitrogens with two attached hydrogens (primary N) is 1. The molecule has 0 aromatic heterocycles. The molecule has 3 rings (SSSR count). The molecule has 0 bridgehead atoms. The van der Waals surface area contributed by atoms with Gasteiger partial charge in [0, 0.05) is 6.04 Å². The van der Waals surface area contributed by atoms with Crippen LogP contribution in [0.1, 0.15) is 69.0 Å². The highest BCUT2D eigenvalue weighted by Gasteiger charge is 2.18. The zero-order valence-corrected chi connectivity index (χ0v) is 15.0. The molecule has 128 valence electrons. The van der Waals surface area contributed by atoms with Crippen molar-refractivity contribution in [2.45, 2.75) is 57.9 Å². The molecule has 0 saturated heterocycles. The largest absolute Gasteiger partial charge is 0.493 e. The fourth-order valence-corrected chi connectivity index (χ4v) is 3.30. The molecule has 2 saturated carbocycles. The van der Waals surface area contributed by atoms with E-state index in [1.54, 1.807) is 0 Å². The number of ether oxygens (including phenoxy) is 1. The Morgan fingerprint density at radius 3 is 2.57 bits per heavy atom. The zero-order chi connectivity index (χ0) is 15.4. The van der Waals surface area contributed by atoms with Gasteiger partial charge in [-0.1, -0.05) is 37.5 Å². The summed E-state index contributed by atoms with van der Waals surface area (Å²) in [7, 11) is 0. The lowest BCUT2D eigenvalue weighted by Gasteiger charge is -2.22. The molecule has 2 fully saturated rings. The molecular formula is C20H30ClNO. The normalized spacial score (nSPS) is 20.3. The smallest absolute Gasteiger partial charge is 0.119 e. The summed E-state index contributed by atoms with van der Waals surface area (Å²) in [4.78, 5) is 0. The number of hydrogen-bond donors (Lipinski definition) is 1. The predicted molar refractivity (Wildman–Crippen MR) is 100 cm³/mol. The van der Waals surface area contributed by atoms with Gasteiger partial charge < -0.3 is 10.5 Å². The van der Waals surface area contributed by atoms with Crippen LogP contribution >= 0.6 is 12.4 Å². The SMILES string of the molecule is C[C@H](N)c1ccc(OCC2CCCCC2)cc1/C=C/C1CC1.Cl. The molecule has 0 spiro atoms. The summed E-state index contributed by atoms with van der Waals surface area (Å²) in [6.07, 6.45) is 14.0. The topological polar surface area (TPSA) is 35.2 Å². The Morgan fingerprint density at radius 1 is 1.17 bits per heavy atom. The Bertz CT molecular complexity index is 516. The van der Waals surface area contributed by atoms with E-state index in [4.69, 9.17) is 10.5 Å². The second-order valence-corrected chi connectivity index (χ2v) is 7.09. The van der Waals surface area contributed by atoms with E-state index < -0.39 is 0 Å². The van der Waals surface area contributed by atoms with Gasteiger partial charge in [0.1, 0.15) is 5.75 Å². The third-order valence-electron chi connectivity index (χ3n) is 4.93. The summed E-state index contributed by atoms with van der Waals surface area (Å²) >= 11 is 0. The monoisotopic (exact) mass is 335 g/mol. The van der Waals surface area contributed by atoms with Gasteiger partial charge in [-0.15, -0.1) is 12.4 Å².